The van der Waals surface area contributed by atoms with Crippen LogP contribution < -0.4 is 11.1 Å². The highest BCUT2D eigenvalue weighted by molar-refractivity contribution is 5.94. The lowest BCUT2D eigenvalue weighted by Crippen LogP contribution is -2.55. The minimum atomic E-state index is -0.276. The number of carbonyl (C=O) groups excluding carboxylic acids is 1. The van der Waals surface area contributed by atoms with Crippen LogP contribution in [-0.2, 0) is 17.8 Å². The van der Waals surface area contributed by atoms with Gasteiger partial charge < -0.3 is 10.2 Å². The monoisotopic (exact) mass is 403 g/mol. The minimum absolute atomic E-state index is 0.0759. The molecule has 4 aromatic heterocycles. The first kappa shape index (κ1) is 18.0. The number of hydrogen-bond donors (Lipinski definition) is 2. The molecule has 0 spiro atoms. The van der Waals surface area contributed by atoms with Gasteiger partial charge in [0.2, 0.25) is 11.8 Å². The highest BCUT2D eigenvalue weighted by Gasteiger charge is 2.19. The molecule has 0 aliphatic heterocycles. The summed E-state index contributed by atoms with van der Waals surface area (Å²) in [4.78, 5) is 21.0. The molecule has 0 bridgehead atoms. The van der Waals surface area contributed by atoms with Crippen LogP contribution in [0.2, 0.25) is 0 Å². The summed E-state index contributed by atoms with van der Waals surface area (Å²) in [5.74, 6) is 0.890. The smallest absolute Gasteiger partial charge is 0.281 e. The number of anilines is 1. The number of benzene rings is 1. The van der Waals surface area contributed by atoms with Crippen LogP contribution in [0.4, 0.5) is 5.95 Å². The van der Waals surface area contributed by atoms with Gasteiger partial charge in [-0.25, -0.2) is 4.98 Å². The summed E-state index contributed by atoms with van der Waals surface area (Å²) in [7, 11) is 0. The number of hydrogen-bond acceptors (Lipinski definition) is 6. The third-order valence-electron chi connectivity index (χ3n) is 4.69. The third-order valence-corrected chi connectivity index (χ3v) is 4.69. The molecule has 5 rings (SSSR count). The molecule has 0 atom stereocenters. The highest BCUT2D eigenvalue weighted by atomic mass is 16.3. The molecule has 10 heteroatoms. The maximum atomic E-state index is 11.9. The summed E-state index contributed by atoms with van der Waals surface area (Å²) in [5, 5.41) is 12.5. The number of nitrogens with zero attached hydrogens (tertiary/aromatic N) is 6. The fraction of sp³-hybridized carbons (Fsp3) is 0.150. The molecule has 5 aromatic rings. The van der Waals surface area contributed by atoms with Gasteiger partial charge in [-0.1, -0.05) is 30.3 Å². The number of fused-ring (bicyclic) bond motifs is 3. The molecular formula is C20H19N8O2+. The van der Waals surface area contributed by atoms with E-state index in [9.17, 15) is 4.79 Å². The Morgan fingerprint density at radius 2 is 1.97 bits per heavy atom. The van der Waals surface area contributed by atoms with Crippen molar-refractivity contribution in [3.8, 4) is 11.6 Å². The summed E-state index contributed by atoms with van der Waals surface area (Å²) < 4.78 is 8.75. The van der Waals surface area contributed by atoms with Crippen molar-refractivity contribution in [3.05, 3.63) is 60.5 Å². The number of nitrogens with one attached hydrogen (secondary N) is 1. The van der Waals surface area contributed by atoms with Crippen LogP contribution in [0.25, 0.3) is 28.3 Å². The van der Waals surface area contributed by atoms with Crippen molar-refractivity contribution in [1.29, 1.82) is 0 Å². The average molecular weight is 403 g/mol. The second-order valence-corrected chi connectivity index (χ2v) is 6.75. The largest absolute Gasteiger partial charge is 0.461 e. The fourth-order valence-corrected chi connectivity index (χ4v) is 3.21. The van der Waals surface area contributed by atoms with E-state index in [-0.39, 0.29) is 18.4 Å². The zero-order valence-electron chi connectivity index (χ0n) is 16.0. The van der Waals surface area contributed by atoms with E-state index in [1.54, 1.807) is 18.4 Å². The van der Waals surface area contributed by atoms with Gasteiger partial charge in [-0.05, 0) is 24.1 Å². The van der Waals surface area contributed by atoms with E-state index in [2.05, 4.69) is 43.3 Å². The van der Waals surface area contributed by atoms with E-state index in [4.69, 9.17) is 4.42 Å². The Kier molecular flexibility index (Phi) is 4.45. The van der Waals surface area contributed by atoms with Gasteiger partial charge in [-0.3, -0.25) is 14.8 Å². The maximum Gasteiger partial charge on any atom is 0.281 e. The van der Waals surface area contributed by atoms with Gasteiger partial charge in [0, 0.05) is 12.7 Å². The number of quaternary nitrogens is 1. The van der Waals surface area contributed by atoms with Crippen LogP contribution in [0.1, 0.15) is 5.56 Å². The van der Waals surface area contributed by atoms with Crippen LogP contribution in [-0.4, -0.2) is 41.8 Å². The molecular weight excluding hydrogens is 384 g/mol. The molecule has 0 saturated heterocycles. The van der Waals surface area contributed by atoms with Gasteiger partial charge in [0.05, 0.1) is 11.6 Å². The fourth-order valence-electron chi connectivity index (χ4n) is 3.21. The zero-order valence-corrected chi connectivity index (χ0v) is 16.0. The Labute approximate surface area is 170 Å². The lowest BCUT2D eigenvalue weighted by Gasteiger charge is -2.03. The minimum Gasteiger partial charge on any atom is -0.461 e. The Morgan fingerprint density at radius 3 is 2.73 bits per heavy atom. The Morgan fingerprint density at radius 1 is 1.10 bits per heavy atom. The molecule has 30 heavy (non-hydrogen) atoms. The second kappa shape index (κ2) is 7.41. The van der Waals surface area contributed by atoms with E-state index < -0.39 is 0 Å². The molecule has 0 unspecified atom stereocenters. The normalized spacial score (nSPS) is 11.4. The molecule has 1 amide bonds. The molecule has 0 aliphatic rings. The lowest BCUT2D eigenvalue weighted by molar-refractivity contribution is -0.353. The first-order chi connectivity index (χ1) is 14.7. The van der Waals surface area contributed by atoms with E-state index in [0.29, 0.717) is 29.4 Å². The highest BCUT2D eigenvalue weighted by Crippen LogP contribution is 2.24. The molecule has 4 heterocycles. The molecule has 1 aromatic carbocycles. The van der Waals surface area contributed by atoms with Crippen LogP contribution in [0.5, 0.6) is 0 Å². The predicted molar refractivity (Wildman–Crippen MR) is 108 cm³/mol. The average Bonchev–Trinajstić information content (AvgIpc) is 3.51. The molecule has 0 radical (unpaired) electrons. The summed E-state index contributed by atoms with van der Waals surface area (Å²) in [5.41, 5.74) is 5.85. The molecule has 4 N–H and O–H groups in total. The Hall–Kier alpha value is -4.05. The third kappa shape index (κ3) is 3.29. The maximum absolute atomic E-state index is 11.9. The SMILES string of the molecule is [NH3+]CC(=O)Nc1nc2nn(CCc3ccccc3)cc2c2nc(-c3ccco3)nn12. The van der Waals surface area contributed by atoms with Gasteiger partial charge >= 0.3 is 0 Å². The standard InChI is InChI=1S/C20H18N8O2/c21-11-16(29)22-20-24-17-14(12-27(25-17)9-8-13-5-2-1-3-6-13)19-23-18(26-28(19)20)15-7-4-10-30-15/h1-7,10,12H,8-9,11,21H2,(H,22,24,25,29)/p+1. The van der Waals surface area contributed by atoms with Crippen LogP contribution in [0.3, 0.4) is 0 Å². The predicted octanol–water partition coefficient (Wildman–Crippen LogP) is 1.16. The Balaban J connectivity index is 1.58. The van der Waals surface area contributed by atoms with Crippen molar-refractivity contribution in [2.24, 2.45) is 0 Å². The van der Waals surface area contributed by atoms with Gasteiger partial charge in [-0.2, -0.15) is 14.6 Å². The molecule has 10 nitrogen and oxygen atoms in total. The first-order valence-corrected chi connectivity index (χ1v) is 9.52. The first-order valence-electron chi connectivity index (χ1n) is 9.52. The van der Waals surface area contributed by atoms with Crippen molar-refractivity contribution in [3.63, 3.8) is 0 Å². The van der Waals surface area contributed by atoms with Crippen LogP contribution in [0, 0.1) is 0 Å². The van der Waals surface area contributed by atoms with E-state index in [0.717, 1.165) is 11.8 Å². The summed E-state index contributed by atoms with van der Waals surface area (Å²) >= 11 is 0. The number of furan rings is 1. The summed E-state index contributed by atoms with van der Waals surface area (Å²) in [6.45, 7) is 0.763. The molecule has 150 valence electrons. The quantitative estimate of drug-likeness (QED) is 0.437. The lowest BCUT2D eigenvalue weighted by atomic mass is 10.1. The van der Waals surface area contributed by atoms with Crippen molar-refractivity contribution < 1.29 is 14.9 Å². The van der Waals surface area contributed by atoms with Gasteiger partial charge in [0.1, 0.15) is 0 Å². The van der Waals surface area contributed by atoms with Crippen LogP contribution in [0.15, 0.2) is 59.3 Å². The van der Waals surface area contributed by atoms with Gasteiger partial charge in [0.25, 0.3) is 5.91 Å². The zero-order chi connectivity index (χ0) is 20.5. The Bertz CT molecular complexity index is 1320. The number of aromatic nitrogens is 6. The number of carbonyl (C=O) groups is 1. The topological polar surface area (TPSA) is 131 Å². The van der Waals surface area contributed by atoms with Crippen molar-refractivity contribution in [1.82, 2.24) is 29.4 Å². The number of amides is 1. The number of rotatable bonds is 6. The summed E-state index contributed by atoms with van der Waals surface area (Å²) in [6.07, 6.45) is 4.29. The molecule has 0 saturated carbocycles. The van der Waals surface area contributed by atoms with Gasteiger partial charge in [0.15, 0.2) is 23.6 Å². The van der Waals surface area contributed by atoms with E-state index in [1.807, 2.05) is 29.1 Å². The van der Waals surface area contributed by atoms with E-state index in [1.165, 1.54) is 10.1 Å². The second-order valence-electron chi connectivity index (χ2n) is 6.75. The molecule has 0 fully saturated rings. The van der Waals surface area contributed by atoms with Gasteiger partial charge in [-0.15, -0.1) is 5.10 Å². The van der Waals surface area contributed by atoms with Crippen molar-refractivity contribution >= 4 is 28.5 Å². The van der Waals surface area contributed by atoms with Crippen molar-refractivity contribution in [2.45, 2.75) is 13.0 Å². The summed E-state index contributed by atoms with van der Waals surface area (Å²) in [6, 6.07) is 13.7. The van der Waals surface area contributed by atoms with E-state index >= 15 is 0 Å². The molecule has 0 aliphatic carbocycles. The van der Waals surface area contributed by atoms with Crippen molar-refractivity contribution in [2.75, 3.05) is 11.9 Å². The van der Waals surface area contributed by atoms with Crippen LogP contribution >= 0.6 is 0 Å². The number of aryl methyl sites for hydroxylation is 2.